The van der Waals surface area contributed by atoms with Gasteiger partial charge in [0.25, 0.3) is 5.91 Å². The number of benzene rings is 1. The highest BCUT2D eigenvalue weighted by molar-refractivity contribution is 5.95. The second-order valence-electron chi connectivity index (χ2n) is 6.44. The van der Waals surface area contributed by atoms with E-state index in [1.165, 1.54) is 0 Å². The molecule has 25 heavy (non-hydrogen) atoms. The molecule has 1 aliphatic heterocycles. The quantitative estimate of drug-likeness (QED) is 0.718. The Kier molecular flexibility index (Phi) is 3.63. The van der Waals surface area contributed by atoms with Gasteiger partial charge in [0.2, 0.25) is 0 Å². The summed E-state index contributed by atoms with van der Waals surface area (Å²) in [6.07, 6.45) is 1.66. The number of nitrogens with zero attached hydrogens (tertiary/aromatic N) is 6. The maximum atomic E-state index is 13.0. The van der Waals surface area contributed by atoms with Gasteiger partial charge in [-0.3, -0.25) is 4.79 Å². The Morgan fingerprint density at radius 2 is 1.96 bits per heavy atom. The van der Waals surface area contributed by atoms with Crippen LogP contribution in [-0.2, 0) is 13.1 Å². The summed E-state index contributed by atoms with van der Waals surface area (Å²) in [5.41, 5.74) is 3.60. The van der Waals surface area contributed by atoms with Crippen LogP contribution in [0.3, 0.4) is 0 Å². The Morgan fingerprint density at radius 1 is 1.12 bits per heavy atom. The smallest absolute Gasteiger partial charge is 0.257 e. The molecule has 0 unspecified atom stereocenters. The molecule has 0 radical (unpaired) electrons. The summed E-state index contributed by atoms with van der Waals surface area (Å²) in [6.45, 7) is 7.77. The second-order valence-corrected chi connectivity index (χ2v) is 6.44. The van der Waals surface area contributed by atoms with Crippen molar-refractivity contribution in [2.45, 2.75) is 33.9 Å². The predicted molar refractivity (Wildman–Crippen MR) is 92.5 cm³/mol. The molecule has 3 aromatic rings. The van der Waals surface area contributed by atoms with E-state index in [9.17, 15) is 4.79 Å². The zero-order valence-electron chi connectivity index (χ0n) is 14.6. The molecule has 0 saturated carbocycles. The minimum Gasteiger partial charge on any atom is -0.329 e. The third kappa shape index (κ3) is 2.61. The number of carbonyl (C=O) groups excluding carboxylic acids is 1. The molecule has 7 nitrogen and oxygen atoms in total. The van der Waals surface area contributed by atoms with Gasteiger partial charge in [0.15, 0.2) is 5.82 Å². The molecule has 0 aliphatic carbocycles. The lowest BCUT2D eigenvalue weighted by atomic mass is 10.2. The number of rotatable bonds is 2. The Morgan fingerprint density at radius 3 is 2.76 bits per heavy atom. The maximum absolute atomic E-state index is 13.0. The van der Waals surface area contributed by atoms with Crippen LogP contribution < -0.4 is 0 Å². The van der Waals surface area contributed by atoms with Crippen LogP contribution in [0.2, 0.25) is 0 Å². The molecule has 1 aliphatic rings. The van der Waals surface area contributed by atoms with Crippen LogP contribution >= 0.6 is 0 Å². The SMILES string of the molecule is Cc1cccc(-n2ncc(C(=O)N3CCn4c(C)nnc4C3)c2C)c1. The van der Waals surface area contributed by atoms with E-state index in [2.05, 4.69) is 25.9 Å². The summed E-state index contributed by atoms with van der Waals surface area (Å²) in [5, 5.41) is 12.7. The molecule has 0 atom stereocenters. The molecule has 0 bridgehead atoms. The van der Waals surface area contributed by atoms with Crippen molar-refractivity contribution >= 4 is 5.91 Å². The first-order valence-corrected chi connectivity index (χ1v) is 8.34. The summed E-state index contributed by atoms with van der Waals surface area (Å²) in [6, 6.07) is 8.08. The van der Waals surface area contributed by atoms with Gasteiger partial charge >= 0.3 is 0 Å². The number of hydrogen-bond acceptors (Lipinski definition) is 4. The number of carbonyl (C=O) groups is 1. The molecule has 3 heterocycles. The highest BCUT2D eigenvalue weighted by atomic mass is 16.2. The Labute approximate surface area is 145 Å². The lowest BCUT2D eigenvalue weighted by Crippen LogP contribution is -2.38. The standard InChI is InChI=1S/C18H20N6O/c1-12-5-4-6-15(9-12)24-13(2)16(10-19-24)18(25)22-7-8-23-14(3)20-21-17(23)11-22/h4-6,9-10H,7-8,11H2,1-3H3. The summed E-state index contributed by atoms with van der Waals surface area (Å²) in [5.74, 6) is 1.72. The molecule has 0 fully saturated rings. The van der Waals surface area contributed by atoms with Crippen molar-refractivity contribution in [3.05, 3.63) is 58.9 Å². The summed E-state index contributed by atoms with van der Waals surface area (Å²) < 4.78 is 3.88. The largest absolute Gasteiger partial charge is 0.329 e. The van der Waals surface area contributed by atoms with Gasteiger partial charge in [-0.25, -0.2) is 4.68 Å². The molecule has 0 saturated heterocycles. The van der Waals surface area contributed by atoms with Crippen LogP contribution in [0.5, 0.6) is 0 Å². The number of aryl methyl sites for hydroxylation is 2. The summed E-state index contributed by atoms with van der Waals surface area (Å²) >= 11 is 0. The van der Waals surface area contributed by atoms with Crippen LogP contribution in [0.1, 0.15) is 33.3 Å². The van der Waals surface area contributed by atoms with E-state index in [-0.39, 0.29) is 5.91 Å². The lowest BCUT2D eigenvalue weighted by molar-refractivity contribution is 0.0706. The average Bonchev–Trinajstić information content (AvgIpc) is 3.17. The highest BCUT2D eigenvalue weighted by Crippen LogP contribution is 2.19. The van der Waals surface area contributed by atoms with Crippen LogP contribution in [-0.4, -0.2) is 41.9 Å². The van der Waals surface area contributed by atoms with Gasteiger partial charge in [-0.15, -0.1) is 10.2 Å². The van der Waals surface area contributed by atoms with E-state index in [0.29, 0.717) is 18.7 Å². The van der Waals surface area contributed by atoms with Gasteiger partial charge in [-0.2, -0.15) is 5.10 Å². The topological polar surface area (TPSA) is 68.8 Å². The Bertz CT molecular complexity index is 954. The molecule has 2 aromatic heterocycles. The van der Waals surface area contributed by atoms with Gasteiger partial charge in [-0.05, 0) is 38.5 Å². The van der Waals surface area contributed by atoms with Crippen LogP contribution in [0, 0.1) is 20.8 Å². The number of aromatic nitrogens is 5. The monoisotopic (exact) mass is 336 g/mol. The lowest BCUT2D eigenvalue weighted by Gasteiger charge is -2.27. The Balaban J connectivity index is 1.62. The first-order valence-electron chi connectivity index (χ1n) is 8.34. The van der Waals surface area contributed by atoms with Crippen LogP contribution in [0.4, 0.5) is 0 Å². The normalized spacial score (nSPS) is 13.8. The van der Waals surface area contributed by atoms with Crippen LogP contribution in [0.25, 0.3) is 5.69 Å². The van der Waals surface area contributed by atoms with E-state index < -0.39 is 0 Å². The Hall–Kier alpha value is -2.96. The minimum atomic E-state index is -0.0108. The first kappa shape index (κ1) is 15.6. The van der Waals surface area contributed by atoms with Crippen molar-refractivity contribution in [2.75, 3.05) is 6.54 Å². The van der Waals surface area contributed by atoms with E-state index in [0.717, 1.165) is 35.1 Å². The fourth-order valence-corrected chi connectivity index (χ4v) is 3.29. The van der Waals surface area contributed by atoms with Crippen molar-refractivity contribution in [3.8, 4) is 5.69 Å². The molecule has 128 valence electrons. The number of amides is 1. The number of fused-ring (bicyclic) bond motifs is 1. The summed E-state index contributed by atoms with van der Waals surface area (Å²) in [7, 11) is 0. The van der Waals surface area contributed by atoms with Crippen molar-refractivity contribution in [1.82, 2.24) is 29.4 Å². The molecular weight excluding hydrogens is 316 g/mol. The van der Waals surface area contributed by atoms with E-state index in [1.54, 1.807) is 6.20 Å². The van der Waals surface area contributed by atoms with Gasteiger partial charge in [-0.1, -0.05) is 12.1 Å². The zero-order chi connectivity index (χ0) is 17.6. The van der Waals surface area contributed by atoms with Crippen molar-refractivity contribution in [3.63, 3.8) is 0 Å². The fourth-order valence-electron chi connectivity index (χ4n) is 3.29. The van der Waals surface area contributed by atoms with Crippen molar-refractivity contribution in [2.24, 2.45) is 0 Å². The van der Waals surface area contributed by atoms with Gasteiger partial charge in [0.05, 0.1) is 29.7 Å². The van der Waals surface area contributed by atoms with Gasteiger partial charge < -0.3 is 9.47 Å². The first-order chi connectivity index (χ1) is 12.0. The van der Waals surface area contributed by atoms with E-state index >= 15 is 0 Å². The predicted octanol–water partition coefficient (Wildman–Crippen LogP) is 2.05. The molecule has 1 amide bonds. The highest BCUT2D eigenvalue weighted by Gasteiger charge is 2.26. The average molecular weight is 336 g/mol. The van der Waals surface area contributed by atoms with E-state index in [4.69, 9.17) is 0 Å². The fraction of sp³-hybridized carbons (Fsp3) is 0.333. The molecule has 7 heteroatoms. The molecule has 1 aromatic carbocycles. The maximum Gasteiger partial charge on any atom is 0.257 e. The molecule has 4 rings (SSSR count). The third-order valence-electron chi connectivity index (χ3n) is 4.71. The third-order valence-corrected chi connectivity index (χ3v) is 4.71. The van der Waals surface area contributed by atoms with Gasteiger partial charge in [0.1, 0.15) is 5.82 Å². The molecule has 0 N–H and O–H groups in total. The zero-order valence-corrected chi connectivity index (χ0v) is 14.6. The van der Waals surface area contributed by atoms with Crippen LogP contribution in [0.15, 0.2) is 30.5 Å². The van der Waals surface area contributed by atoms with E-state index in [1.807, 2.05) is 48.6 Å². The molecule has 0 spiro atoms. The van der Waals surface area contributed by atoms with Crippen molar-refractivity contribution in [1.29, 1.82) is 0 Å². The summed E-state index contributed by atoms with van der Waals surface area (Å²) in [4.78, 5) is 14.8. The van der Waals surface area contributed by atoms with Crippen molar-refractivity contribution < 1.29 is 4.79 Å². The second kappa shape index (κ2) is 5.84. The van der Waals surface area contributed by atoms with Gasteiger partial charge in [0, 0.05) is 13.1 Å². The number of hydrogen-bond donors (Lipinski definition) is 0. The minimum absolute atomic E-state index is 0.0108. The molecular formula is C18H20N6O.